The molecule has 0 aromatic heterocycles. The van der Waals surface area contributed by atoms with Gasteiger partial charge in [0.15, 0.2) is 0 Å². The number of hydrogen-bond donors (Lipinski definition) is 2. The van der Waals surface area contributed by atoms with Crippen molar-refractivity contribution < 1.29 is 0 Å². The second-order valence-corrected chi connectivity index (χ2v) is 3.24. The first-order valence-electron chi connectivity index (χ1n) is 4.56. The zero-order valence-corrected chi connectivity index (χ0v) is 7.34. The summed E-state index contributed by atoms with van der Waals surface area (Å²) < 4.78 is 0. The van der Waals surface area contributed by atoms with Gasteiger partial charge in [-0.3, -0.25) is 5.84 Å². The fourth-order valence-corrected chi connectivity index (χ4v) is 1.48. The molecule has 0 aliphatic carbocycles. The van der Waals surface area contributed by atoms with Gasteiger partial charge >= 0.3 is 0 Å². The van der Waals surface area contributed by atoms with E-state index in [2.05, 4.69) is 12.2 Å². The van der Waals surface area contributed by atoms with Gasteiger partial charge in [-0.15, -0.1) is 0 Å². The summed E-state index contributed by atoms with van der Waals surface area (Å²) in [5, 5.41) is 5.33. The van der Waals surface area contributed by atoms with Gasteiger partial charge in [0.05, 0.1) is 0 Å². The Kier molecular flexibility index (Phi) is 3.83. The lowest BCUT2D eigenvalue weighted by Gasteiger charge is -2.32. The van der Waals surface area contributed by atoms with Crippen molar-refractivity contribution in [3.8, 4) is 0 Å². The molecular weight excluding hydrogens is 138 g/mol. The van der Waals surface area contributed by atoms with Gasteiger partial charge in [0.1, 0.15) is 0 Å². The molecule has 3 heteroatoms. The highest BCUT2D eigenvalue weighted by Crippen LogP contribution is 2.06. The van der Waals surface area contributed by atoms with Crippen LogP contribution in [0.25, 0.3) is 0 Å². The molecule has 1 heterocycles. The summed E-state index contributed by atoms with van der Waals surface area (Å²) in [6, 6.07) is 0.573. The van der Waals surface area contributed by atoms with Crippen molar-refractivity contribution in [3.05, 3.63) is 0 Å². The fourth-order valence-electron chi connectivity index (χ4n) is 1.48. The lowest BCUT2D eigenvalue weighted by molar-refractivity contribution is 0.153. The third kappa shape index (κ3) is 2.77. The SMILES string of the molecule is CCCCC1CNCCN1N. The van der Waals surface area contributed by atoms with Gasteiger partial charge < -0.3 is 5.32 Å². The van der Waals surface area contributed by atoms with E-state index in [-0.39, 0.29) is 0 Å². The van der Waals surface area contributed by atoms with Crippen LogP contribution >= 0.6 is 0 Å². The van der Waals surface area contributed by atoms with Crippen LogP contribution in [0, 0.1) is 0 Å². The fraction of sp³-hybridized carbons (Fsp3) is 1.00. The van der Waals surface area contributed by atoms with Crippen molar-refractivity contribution in [3.63, 3.8) is 0 Å². The van der Waals surface area contributed by atoms with Crippen molar-refractivity contribution in [1.82, 2.24) is 10.3 Å². The monoisotopic (exact) mass is 157 g/mol. The predicted molar refractivity (Wildman–Crippen MR) is 47.1 cm³/mol. The molecule has 3 nitrogen and oxygen atoms in total. The van der Waals surface area contributed by atoms with Gasteiger partial charge in [0, 0.05) is 25.7 Å². The molecule has 0 aromatic rings. The van der Waals surface area contributed by atoms with E-state index in [0.29, 0.717) is 6.04 Å². The van der Waals surface area contributed by atoms with Crippen molar-refractivity contribution in [2.24, 2.45) is 5.84 Å². The maximum Gasteiger partial charge on any atom is 0.0366 e. The third-order valence-electron chi connectivity index (χ3n) is 2.29. The molecule has 1 aliphatic rings. The quantitative estimate of drug-likeness (QED) is 0.580. The molecule has 0 spiro atoms. The average Bonchev–Trinajstić information content (AvgIpc) is 2.03. The molecule has 1 fully saturated rings. The summed E-state index contributed by atoms with van der Waals surface area (Å²) in [7, 11) is 0. The Bertz CT molecular complexity index is 106. The summed E-state index contributed by atoms with van der Waals surface area (Å²) in [5.74, 6) is 5.81. The van der Waals surface area contributed by atoms with Crippen LogP contribution in [0.5, 0.6) is 0 Å². The molecule has 0 amide bonds. The van der Waals surface area contributed by atoms with E-state index in [1.54, 1.807) is 0 Å². The molecule has 66 valence electrons. The molecule has 1 unspecified atom stereocenters. The van der Waals surface area contributed by atoms with Crippen molar-refractivity contribution in [2.45, 2.75) is 32.2 Å². The standard InChI is InChI=1S/C8H19N3/c1-2-3-4-8-7-10-5-6-11(8)9/h8,10H,2-7,9H2,1H3. The molecule has 1 rings (SSSR count). The minimum Gasteiger partial charge on any atom is -0.314 e. The van der Waals surface area contributed by atoms with E-state index < -0.39 is 0 Å². The predicted octanol–water partition coefficient (Wildman–Crippen LogP) is 0.324. The highest BCUT2D eigenvalue weighted by molar-refractivity contribution is 4.75. The zero-order chi connectivity index (χ0) is 8.10. The van der Waals surface area contributed by atoms with E-state index in [9.17, 15) is 0 Å². The van der Waals surface area contributed by atoms with E-state index in [0.717, 1.165) is 19.6 Å². The van der Waals surface area contributed by atoms with E-state index in [1.807, 2.05) is 5.01 Å². The van der Waals surface area contributed by atoms with Crippen molar-refractivity contribution in [2.75, 3.05) is 19.6 Å². The lowest BCUT2D eigenvalue weighted by Crippen LogP contribution is -2.54. The molecular formula is C8H19N3. The molecule has 3 N–H and O–H groups in total. The molecule has 0 aromatic carbocycles. The summed E-state index contributed by atoms with van der Waals surface area (Å²) in [4.78, 5) is 0. The average molecular weight is 157 g/mol. The first kappa shape index (κ1) is 8.97. The van der Waals surface area contributed by atoms with Gasteiger partial charge in [-0.05, 0) is 6.42 Å². The summed E-state index contributed by atoms with van der Waals surface area (Å²) >= 11 is 0. The molecule has 0 bridgehead atoms. The largest absolute Gasteiger partial charge is 0.314 e. The van der Waals surface area contributed by atoms with Gasteiger partial charge in [0.2, 0.25) is 0 Å². The number of nitrogens with two attached hydrogens (primary N) is 1. The molecule has 1 atom stereocenters. The first-order valence-corrected chi connectivity index (χ1v) is 4.56. The minimum atomic E-state index is 0.573. The van der Waals surface area contributed by atoms with Crippen LogP contribution in [-0.4, -0.2) is 30.7 Å². The van der Waals surface area contributed by atoms with Gasteiger partial charge in [0.25, 0.3) is 0 Å². The Hall–Kier alpha value is -0.120. The summed E-state index contributed by atoms with van der Waals surface area (Å²) in [6.45, 7) is 5.32. The van der Waals surface area contributed by atoms with Crippen LogP contribution in [0.2, 0.25) is 0 Å². The number of piperazine rings is 1. The van der Waals surface area contributed by atoms with E-state index in [4.69, 9.17) is 5.84 Å². The number of hydrogen-bond acceptors (Lipinski definition) is 3. The second-order valence-electron chi connectivity index (χ2n) is 3.24. The number of rotatable bonds is 3. The Morgan fingerprint density at radius 2 is 2.45 bits per heavy atom. The maximum absolute atomic E-state index is 5.81. The van der Waals surface area contributed by atoms with Crippen LogP contribution in [0.4, 0.5) is 0 Å². The number of nitrogens with zero attached hydrogens (tertiary/aromatic N) is 1. The van der Waals surface area contributed by atoms with Crippen LogP contribution in [0.15, 0.2) is 0 Å². The normalized spacial score (nSPS) is 27.3. The topological polar surface area (TPSA) is 41.3 Å². The van der Waals surface area contributed by atoms with Gasteiger partial charge in [-0.2, -0.15) is 0 Å². The van der Waals surface area contributed by atoms with Crippen molar-refractivity contribution in [1.29, 1.82) is 0 Å². The maximum atomic E-state index is 5.81. The Labute approximate surface area is 68.9 Å². The molecule has 11 heavy (non-hydrogen) atoms. The lowest BCUT2D eigenvalue weighted by atomic mass is 10.1. The first-order chi connectivity index (χ1) is 5.34. The smallest absolute Gasteiger partial charge is 0.0366 e. The second kappa shape index (κ2) is 4.70. The molecule has 0 radical (unpaired) electrons. The van der Waals surface area contributed by atoms with E-state index in [1.165, 1.54) is 19.3 Å². The van der Waals surface area contributed by atoms with Crippen LogP contribution in [-0.2, 0) is 0 Å². The van der Waals surface area contributed by atoms with Gasteiger partial charge in [-0.25, -0.2) is 5.01 Å². The Morgan fingerprint density at radius 3 is 3.09 bits per heavy atom. The minimum absolute atomic E-state index is 0.573. The van der Waals surface area contributed by atoms with E-state index >= 15 is 0 Å². The van der Waals surface area contributed by atoms with Crippen LogP contribution in [0.3, 0.4) is 0 Å². The number of hydrazine groups is 1. The Balaban J connectivity index is 2.18. The van der Waals surface area contributed by atoms with Crippen LogP contribution < -0.4 is 11.2 Å². The highest BCUT2D eigenvalue weighted by atomic mass is 15.4. The zero-order valence-electron chi connectivity index (χ0n) is 7.34. The van der Waals surface area contributed by atoms with Crippen LogP contribution in [0.1, 0.15) is 26.2 Å². The highest BCUT2D eigenvalue weighted by Gasteiger charge is 2.17. The summed E-state index contributed by atoms with van der Waals surface area (Å²) in [6.07, 6.45) is 3.80. The molecule has 1 saturated heterocycles. The Morgan fingerprint density at radius 1 is 1.64 bits per heavy atom. The third-order valence-corrected chi connectivity index (χ3v) is 2.29. The summed E-state index contributed by atoms with van der Waals surface area (Å²) in [5.41, 5.74) is 0. The van der Waals surface area contributed by atoms with Crippen molar-refractivity contribution >= 4 is 0 Å². The van der Waals surface area contributed by atoms with Gasteiger partial charge in [-0.1, -0.05) is 19.8 Å². The molecule has 1 aliphatic heterocycles. The number of unbranched alkanes of at least 4 members (excludes halogenated alkanes) is 1. The number of nitrogens with one attached hydrogen (secondary N) is 1. The molecule has 0 saturated carbocycles.